The number of likely N-dealkylation sites (N-methyl/N-ethyl adjacent to an activating group) is 1. The summed E-state index contributed by atoms with van der Waals surface area (Å²) in [5, 5.41) is 2.40. The number of carbonyl (C=O) groups excluding carboxylic acids is 2. The number of carbonyl (C=O) groups is 2. The van der Waals surface area contributed by atoms with Gasteiger partial charge >= 0.3 is 5.97 Å². The van der Waals surface area contributed by atoms with Gasteiger partial charge in [0.1, 0.15) is 5.01 Å². The lowest BCUT2D eigenvalue weighted by atomic mass is 10.1. The maximum atomic E-state index is 12.9. The van der Waals surface area contributed by atoms with E-state index in [0.29, 0.717) is 18.7 Å². The van der Waals surface area contributed by atoms with E-state index < -0.39 is 12.1 Å². The Morgan fingerprint density at radius 2 is 1.61 bits per heavy atom. The molecule has 3 aromatic rings. The molecule has 0 fully saturated rings. The van der Waals surface area contributed by atoms with E-state index in [0.717, 1.165) is 10.6 Å². The third-order valence-corrected chi connectivity index (χ3v) is 5.25. The monoisotopic (exact) mass is 394 g/mol. The van der Waals surface area contributed by atoms with Gasteiger partial charge in [0, 0.05) is 29.6 Å². The van der Waals surface area contributed by atoms with Crippen molar-refractivity contribution in [2.24, 2.45) is 0 Å². The van der Waals surface area contributed by atoms with Crippen LogP contribution in [0.4, 0.5) is 0 Å². The minimum Gasteiger partial charge on any atom is -0.443 e. The van der Waals surface area contributed by atoms with Crippen LogP contribution >= 0.6 is 11.3 Å². The average Bonchev–Trinajstić information content (AvgIpc) is 3.24. The molecule has 0 aliphatic heterocycles. The highest BCUT2D eigenvalue weighted by Gasteiger charge is 2.29. The first-order valence-corrected chi connectivity index (χ1v) is 10.1. The summed E-state index contributed by atoms with van der Waals surface area (Å²) >= 11 is 1.37. The fourth-order valence-electron chi connectivity index (χ4n) is 2.84. The number of thiazole rings is 1. The van der Waals surface area contributed by atoms with Crippen LogP contribution in [0.15, 0.2) is 66.0 Å². The summed E-state index contributed by atoms with van der Waals surface area (Å²) in [6.07, 6.45) is -0.990. The number of aromatic nitrogens is 1. The van der Waals surface area contributed by atoms with E-state index >= 15 is 0 Å². The van der Waals surface area contributed by atoms with Crippen LogP contribution in [0.1, 0.15) is 36.0 Å². The zero-order valence-electron chi connectivity index (χ0n) is 15.9. The Morgan fingerprint density at radius 1 is 1.00 bits per heavy atom. The fourth-order valence-corrected chi connectivity index (χ4v) is 3.63. The van der Waals surface area contributed by atoms with Gasteiger partial charge in [0.15, 0.2) is 5.69 Å². The first kappa shape index (κ1) is 19.8. The maximum absolute atomic E-state index is 12.9. The first-order valence-electron chi connectivity index (χ1n) is 9.19. The molecule has 0 spiro atoms. The Hall–Kier alpha value is -2.99. The number of nitrogens with zero attached hydrogens (tertiary/aromatic N) is 2. The second-order valence-corrected chi connectivity index (χ2v) is 6.97. The van der Waals surface area contributed by atoms with Crippen molar-refractivity contribution in [1.29, 1.82) is 0 Å². The van der Waals surface area contributed by atoms with Crippen molar-refractivity contribution in [3.8, 4) is 10.6 Å². The molecule has 5 nitrogen and oxygen atoms in total. The summed E-state index contributed by atoms with van der Waals surface area (Å²) in [5.41, 5.74) is 1.79. The Kier molecular flexibility index (Phi) is 6.55. The van der Waals surface area contributed by atoms with E-state index in [9.17, 15) is 9.59 Å². The molecule has 2 aromatic carbocycles. The molecule has 1 amide bonds. The predicted octanol–water partition coefficient (Wildman–Crippen LogP) is 4.58. The third-order valence-electron chi connectivity index (χ3n) is 4.36. The number of esters is 1. The Balaban J connectivity index is 1.83. The Labute approximate surface area is 168 Å². The van der Waals surface area contributed by atoms with Crippen LogP contribution in [0.5, 0.6) is 0 Å². The molecule has 0 radical (unpaired) electrons. The normalized spacial score (nSPS) is 11.6. The lowest BCUT2D eigenvalue weighted by Gasteiger charge is -2.25. The number of hydrogen-bond acceptors (Lipinski definition) is 5. The average molecular weight is 394 g/mol. The van der Waals surface area contributed by atoms with Crippen molar-refractivity contribution in [1.82, 2.24) is 9.88 Å². The van der Waals surface area contributed by atoms with Crippen LogP contribution in [0.3, 0.4) is 0 Å². The second-order valence-electron chi connectivity index (χ2n) is 6.11. The highest BCUT2D eigenvalue weighted by Crippen LogP contribution is 2.26. The molecule has 0 aliphatic carbocycles. The predicted molar refractivity (Wildman–Crippen MR) is 110 cm³/mol. The molecule has 0 bridgehead atoms. The fraction of sp³-hybridized carbons (Fsp3) is 0.227. The molecule has 1 heterocycles. The van der Waals surface area contributed by atoms with Gasteiger partial charge in [-0.1, -0.05) is 60.7 Å². The summed E-state index contributed by atoms with van der Waals surface area (Å²) in [6, 6.07) is 18.7. The Bertz CT molecular complexity index is 921. The molecule has 0 N–H and O–H groups in total. The van der Waals surface area contributed by atoms with Crippen LogP contribution in [0, 0.1) is 0 Å². The van der Waals surface area contributed by atoms with Crippen molar-refractivity contribution < 1.29 is 14.3 Å². The standard InChI is InChI=1S/C22H22N2O3S/c1-3-24(4-2)21(25)19(16-11-7-5-8-12-16)27-22(26)18-15-28-20(23-18)17-13-9-6-10-14-17/h5-15,19H,3-4H2,1-2H3/t19-/m0/s1. The summed E-state index contributed by atoms with van der Waals surface area (Å²) in [7, 11) is 0. The summed E-state index contributed by atoms with van der Waals surface area (Å²) < 4.78 is 5.63. The van der Waals surface area contributed by atoms with Gasteiger partial charge in [-0.15, -0.1) is 11.3 Å². The van der Waals surface area contributed by atoms with Gasteiger partial charge < -0.3 is 9.64 Å². The van der Waals surface area contributed by atoms with Crippen molar-refractivity contribution in [3.63, 3.8) is 0 Å². The molecular formula is C22H22N2O3S. The van der Waals surface area contributed by atoms with Gasteiger partial charge in [-0.25, -0.2) is 9.78 Å². The van der Waals surface area contributed by atoms with E-state index in [1.54, 1.807) is 22.4 Å². The van der Waals surface area contributed by atoms with Gasteiger partial charge in [-0.2, -0.15) is 0 Å². The molecule has 0 unspecified atom stereocenters. The molecule has 6 heteroatoms. The molecular weight excluding hydrogens is 372 g/mol. The first-order chi connectivity index (χ1) is 13.6. The molecule has 1 atom stereocenters. The van der Waals surface area contributed by atoms with E-state index in [4.69, 9.17) is 4.74 Å². The topological polar surface area (TPSA) is 59.5 Å². The van der Waals surface area contributed by atoms with Gasteiger partial charge in [0.05, 0.1) is 0 Å². The zero-order chi connectivity index (χ0) is 19.9. The summed E-state index contributed by atoms with van der Waals surface area (Å²) in [6.45, 7) is 4.89. The highest BCUT2D eigenvalue weighted by molar-refractivity contribution is 7.13. The zero-order valence-corrected chi connectivity index (χ0v) is 16.7. The van der Waals surface area contributed by atoms with E-state index in [1.807, 2.05) is 62.4 Å². The molecule has 144 valence electrons. The number of benzene rings is 2. The SMILES string of the molecule is CCN(CC)C(=O)[C@@H](OC(=O)c1csc(-c2ccccc2)n1)c1ccccc1. The third kappa shape index (κ3) is 4.46. The maximum Gasteiger partial charge on any atom is 0.358 e. The van der Waals surface area contributed by atoms with Crippen molar-refractivity contribution in [3.05, 3.63) is 77.3 Å². The lowest BCUT2D eigenvalue weighted by Crippen LogP contribution is -2.36. The number of hydrogen-bond donors (Lipinski definition) is 0. The summed E-state index contributed by atoms with van der Waals surface area (Å²) in [5.74, 6) is -0.837. The quantitative estimate of drug-likeness (QED) is 0.551. The lowest BCUT2D eigenvalue weighted by molar-refractivity contribution is -0.140. The van der Waals surface area contributed by atoms with E-state index in [2.05, 4.69) is 4.98 Å². The van der Waals surface area contributed by atoms with Crippen molar-refractivity contribution in [2.75, 3.05) is 13.1 Å². The number of rotatable bonds is 7. The van der Waals surface area contributed by atoms with Crippen molar-refractivity contribution >= 4 is 23.2 Å². The number of ether oxygens (including phenoxy) is 1. The van der Waals surface area contributed by atoms with Crippen LogP contribution in [0.25, 0.3) is 10.6 Å². The Morgan fingerprint density at radius 3 is 2.21 bits per heavy atom. The molecule has 0 saturated carbocycles. The molecule has 0 saturated heterocycles. The second kappa shape index (κ2) is 9.28. The van der Waals surface area contributed by atoms with E-state index in [-0.39, 0.29) is 11.6 Å². The molecule has 28 heavy (non-hydrogen) atoms. The van der Waals surface area contributed by atoms with E-state index in [1.165, 1.54) is 11.3 Å². The van der Waals surface area contributed by atoms with Crippen LogP contribution < -0.4 is 0 Å². The smallest absolute Gasteiger partial charge is 0.358 e. The minimum absolute atomic E-state index is 0.206. The molecule has 1 aromatic heterocycles. The largest absolute Gasteiger partial charge is 0.443 e. The van der Waals surface area contributed by atoms with Gasteiger partial charge in [-0.3, -0.25) is 4.79 Å². The van der Waals surface area contributed by atoms with Crippen LogP contribution in [-0.4, -0.2) is 34.8 Å². The van der Waals surface area contributed by atoms with Crippen LogP contribution in [-0.2, 0) is 9.53 Å². The molecule has 0 aliphatic rings. The number of amides is 1. The van der Waals surface area contributed by atoms with Gasteiger partial charge in [0.25, 0.3) is 5.91 Å². The molecule has 3 rings (SSSR count). The van der Waals surface area contributed by atoms with Crippen LogP contribution in [0.2, 0.25) is 0 Å². The highest BCUT2D eigenvalue weighted by atomic mass is 32.1. The summed E-state index contributed by atoms with van der Waals surface area (Å²) in [4.78, 5) is 31.7. The van der Waals surface area contributed by atoms with Crippen molar-refractivity contribution in [2.45, 2.75) is 20.0 Å². The minimum atomic E-state index is -0.990. The van der Waals surface area contributed by atoms with Gasteiger partial charge in [0.2, 0.25) is 6.10 Å². The van der Waals surface area contributed by atoms with Gasteiger partial charge in [-0.05, 0) is 13.8 Å².